The Morgan fingerprint density at radius 3 is 2.82 bits per heavy atom. The van der Waals surface area contributed by atoms with Crippen molar-refractivity contribution < 1.29 is 14.3 Å². The summed E-state index contributed by atoms with van der Waals surface area (Å²) in [5, 5.41) is 0. The molecule has 4 nitrogen and oxygen atoms in total. The Bertz CT molecular complexity index is 697. The van der Waals surface area contributed by atoms with Crippen molar-refractivity contribution in [2.75, 3.05) is 24.3 Å². The van der Waals surface area contributed by atoms with Gasteiger partial charge in [0.2, 0.25) is 5.91 Å². The largest absolute Gasteiger partial charge is 0.465 e. The predicted molar refractivity (Wildman–Crippen MR) is 88.9 cm³/mol. The van der Waals surface area contributed by atoms with E-state index in [2.05, 4.69) is 12.1 Å². The van der Waals surface area contributed by atoms with Crippen molar-refractivity contribution in [1.82, 2.24) is 0 Å². The van der Waals surface area contributed by atoms with Gasteiger partial charge in [0.25, 0.3) is 0 Å². The van der Waals surface area contributed by atoms with E-state index in [1.54, 1.807) is 11.0 Å². The van der Waals surface area contributed by atoms with Gasteiger partial charge in [0, 0.05) is 6.54 Å². The smallest absolute Gasteiger partial charge is 0.348 e. The second-order valence-electron chi connectivity index (χ2n) is 4.84. The standard InChI is InChI=1S/C16H15NO3S2/c1-20-15(19)13-9-12-16(22-13)21-10-14(18)17(12)8-7-11-5-3-2-4-6-11/h2-6,9H,7-8,10H2,1H3. The van der Waals surface area contributed by atoms with Crippen LogP contribution in [0.2, 0.25) is 0 Å². The number of hydrogen-bond acceptors (Lipinski definition) is 5. The first-order valence-corrected chi connectivity index (χ1v) is 8.68. The molecule has 0 bridgehead atoms. The van der Waals surface area contributed by atoms with E-state index in [1.165, 1.54) is 35.8 Å². The number of thiophene rings is 1. The Morgan fingerprint density at radius 1 is 1.32 bits per heavy atom. The van der Waals surface area contributed by atoms with E-state index in [0.29, 0.717) is 17.2 Å². The molecule has 1 aromatic heterocycles. The van der Waals surface area contributed by atoms with Crippen LogP contribution in [-0.2, 0) is 16.0 Å². The highest BCUT2D eigenvalue weighted by Gasteiger charge is 2.28. The third kappa shape index (κ3) is 3.03. The lowest BCUT2D eigenvalue weighted by atomic mass is 10.1. The van der Waals surface area contributed by atoms with Gasteiger partial charge >= 0.3 is 5.97 Å². The molecule has 0 radical (unpaired) electrons. The highest BCUT2D eigenvalue weighted by Crippen LogP contribution is 2.42. The summed E-state index contributed by atoms with van der Waals surface area (Å²) in [5.74, 6) is 0.154. The molecule has 2 heterocycles. The van der Waals surface area contributed by atoms with Crippen molar-refractivity contribution in [3.63, 3.8) is 0 Å². The Kier molecular flexibility index (Phi) is 4.49. The van der Waals surface area contributed by atoms with Crippen LogP contribution in [0.3, 0.4) is 0 Å². The number of hydrogen-bond donors (Lipinski definition) is 0. The second-order valence-corrected chi connectivity index (χ2v) is 7.14. The SMILES string of the molecule is COC(=O)c1cc2c(s1)SCC(=O)N2CCc1ccccc1. The monoisotopic (exact) mass is 333 g/mol. The molecule has 0 saturated carbocycles. The van der Waals surface area contributed by atoms with Gasteiger partial charge in [-0.25, -0.2) is 4.79 Å². The molecular formula is C16H15NO3S2. The van der Waals surface area contributed by atoms with E-state index < -0.39 is 0 Å². The summed E-state index contributed by atoms with van der Waals surface area (Å²) >= 11 is 2.88. The summed E-state index contributed by atoms with van der Waals surface area (Å²) in [7, 11) is 1.37. The minimum absolute atomic E-state index is 0.0858. The molecular weight excluding hydrogens is 318 g/mol. The number of benzene rings is 1. The number of esters is 1. The Labute approximate surface area is 137 Å². The third-order valence-electron chi connectivity index (χ3n) is 3.45. The lowest BCUT2D eigenvalue weighted by Gasteiger charge is -2.26. The third-order valence-corrected chi connectivity index (χ3v) is 5.82. The number of thioether (sulfide) groups is 1. The second kappa shape index (κ2) is 6.54. The molecule has 0 atom stereocenters. The van der Waals surface area contributed by atoms with E-state index in [0.717, 1.165) is 16.3 Å². The van der Waals surface area contributed by atoms with Gasteiger partial charge in [-0.2, -0.15) is 0 Å². The van der Waals surface area contributed by atoms with Gasteiger partial charge in [0.1, 0.15) is 4.88 Å². The number of rotatable bonds is 4. The Morgan fingerprint density at radius 2 is 2.09 bits per heavy atom. The molecule has 0 spiro atoms. The van der Waals surface area contributed by atoms with E-state index in [9.17, 15) is 9.59 Å². The molecule has 0 unspecified atom stereocenters. The molecule has 1 aromatic carbocycles. The number of nitrogens with zero attached hydrogens (tertiary/aromatic N) is 1. The minimum atomic E-state index is -0.351. The van der Waals surface area contributed by atoms with Crippen LogP contribution in [0.25, 0.3) is 0 Å². The maximum absolute atomic E-state index is 12.2. The molecule has 114 valence electrons. The molecule has 0 N–H and O–H groups in total. The predicted octanol–water partition coefficient (Wildman–Crippen LogP) is 3.22. The first kappa shape index (κ1) is 15.1. The molecule has 2 aromatic rings. The van der Waals surface area contributed by atoms with Crippen molar-refractivity contribution >= 4 is 40.7 Å². The zero-order chi connectivity index (χ0) is 15.5. The van der Waals surface area contributed by atoms with Crippen molar-refractivity contribution in [3.05, 3.63) is 46.8 Å². The van der Waals surface area contributed by atoms with Crippen LogP contribution in [0.4, 0.5) is 5.69 Å². The maximum Gasteiger partial charge on any atom is 0.348 e. The van der Waals surface area contributed by atoms with Crippen LogP contribution >= 0.6 is 23.1 Å². The molecule has 1 amide bonds. The fraction of sp³-hybridized carbons (Fsp3) is 0.250. The molecule has 1 aliphatic heterocycles. The van der Waals surface area contributed by atoms with E-state index >= 15 is 0 Å². The number of amides is 1. The van der Waals surface area contributed by atoms with Crippen molar-refractivity contribution in [1.29, 1.82) is 0 Å². The van der Waals surface area contributed by atoms with Gasteiger partial charge in [0.15, 0.2) is 0 Å². The lowest BCUT2D eigenvalue weighted by molar-refractivity contribution is -0.116. The number of anilines is 1. The van der Waals surface area contributed by atoms with Crippen molar-refractivity contribution in [2.24, 2.45) is 0 Å². The molecule has 3 rings (SSSR count). The summed E-state index contributed by atoms with van der Waals surface area (Å²) in [6.45, 7) is 0.619. The van der Waals surface area contributed by atoms with E-state index in [-0.39, 0.29) is 11.9 Å². The number of methoxy groups -OCH3 is 1. The summed E-state index contributed by atoms with van der Waals surface area (Å²) in [4.78, 5) is 26.2. The molecule has 0 aliphatic carbocycles. The van der Waals surface area contributed by atoms with Crippen LogP contribution in [0.5, 0.6) is 0 Å². The van der Waals surface area contributed by atoms with Gasteiger partial charge in [-0.3, -0.25) is 4.79 Å². The van der Waals surface area contributed by atoms with Crippen LogP contribution in [0.1, 0.15) is 15.2 Å². The number of fused-ring (bicyclic) bond motifs is 1. The molecule has 0 saturated heterocycles. The highest BCUT2D eigenvalue weighted by molar-refractivity contribution is 8.02. The van der Waals surface area contributed by atoms with Gasteiger partial charge in [-0.05, 0) is 18.1 Å². The highest BCUT2D eigenvalue weighted by atomic mass is 32.2. The number of carbonyl (C=O) groups is 2. The van der Waals surface area contributed by atoms with Gasteiger partial charge in [-0.15, -0.1) is 23.1 Å². The average Bonchev–Trinajstić information content (AvgIpc) is 2.98. The zero-order valence-corrected chi connectivity index (χ0v) is 13.7. The van der Waals surface area contributed by atoms with Crippen LogP contribution in [0, 0.1) is 0 Å². The maximum atomic E-state index is 12.2. The first-order chi connectivity index (χ1) is 10.7. The van der Waals surface area contributed by atoms with Gasteiger partial charge in [-0.1, -0.05) is 30.3 Å². The van der Waals surface area contributed by atoms with E-state index in [1.807, 2.05) is 18.2 Å². The molecule has 22 heavy (non-hydrogen) atoms. The lowest BCUT2D eigenvalue weighted by Crippen LogP contribution is -2.36. The molecule has 0 fully saturated rings. The summed E-state index contributed by atoms with van der Waals surface area (Å²) in [5.41, 5.74) is 2.03. The van der Waals surface area contributed by atoms with Crippen molar-refractivity contribution in [3.8, 4) is 0 Å². The van der Waals surface area contributed by atoms with Crippen molar-refractivity contribution in [2.45, 2.75) is 10.6 Å². The zero-order valence-electron chi connectivity index (χ0n) is 12.1. The fourth-order valence-corrected chi connectivity index (χ4v) is 4.55. The van der Waals surface area contributed by atoms with Crippen LogP contribution in [0.15, 0.2) is 40.6 Å². The minimum Gasteiger partial charge on any atom is -0.465 e. The van der Waals surface area contributed by atoms with Crippen LogP contribution < -0.4 is 4.90 Å². The van der Waals surface area contributed by atoms with Gasteiger partial charge < -0.3 is 9.64 Å². The average molecular weight is 333 g/mol. The molecule has 1 aliphatic rings. The van der Waals surface area contributed by atoms with Gasteiger partial charge in [0.05, 0.1) is 22.8 Å². The summed E-state index contributed by atoms with van der Waals surface area (Å²) in [6.07, 6.45) is 0.792. The fourth-order valence-electron chi connectivity index (χ4n) is 2.33. The Hall–Kier alpha value is -1.79. The van der Waals surface area contributed by atoms with Crippen LogP contribution in [-0.4, -0.2) is 31.3 Å². The molecule has 6 heteroatoms. The quantitative estimate of drug-likeness (QED) is 0.806. The summed E-state index contributed by atoms with van der Waals surface area (Å²) in [6, 6.07) is 11.8. The Balaban J connectivity index is 1.81. The normalized spacial score (nSPS) is 13.9. The first-order valence-electron chi connectivity index (χ1n) is 6.88. The number of ether oxygens (including phenoxy) is 1. The summed E-state index contributed by atoms with van der Waals surface area (Å²) < 4.78 is 5.77. The number of carbonyl (C=O) groups excluding carboxylic acids is 2. The van der Waals surface area contributed by atoms with E-state index in [4.69, 9.17) is 4.74 Å². The topological polar surface area (TPSA) is 46.6 Å².